The summed E-state index contributed by atoms with van der Waals surface area (Å²) in [5.74, 6) is -2.80. The molecule has 0 aromatic heterocycles. The van der Waals surface area contributed by atoms with E-state index in [4.69, 9.17) is 0 Å². The zero-order valence-electron chi connectivity index (χ0n) is 11.1. The van der Waals surface area contributed by atoms with Crippen molar-refractivity contribution in [1.29, 1.82) is 0 Å². The highest BCUT2D eigenvalue weighted by Crippen LogP contribution is 2.24. The van der Waals surface area contributed by atoms with Gasteiger partial charge in [0.25, 0.3) is 0 Å². The van der Waals surface area contributed by atoms with E-state index in [0.29, 0.717) is 18.9 Å². The van der Waals surface area contributed by atoms with Crippen LogP contribution in [0.25, 0.3) is 0 Å². The summed E-state index contributed by atoms with van der Waals surface area (Å²) in [4.78, 5) is 0. The molecule has 18 heavy (non-hydrogen) atoms. The van der Waals surface area contributed by atoms with E-state index < -0.39 is 17.5 Å². The van der Waals surface area contributed by atoms with Crippen molar-refractivity contribution in [1.82, 2.24) is 5.32 Å². The molecule has 1 N–H and O–H groups in total. The number of nitrogens with one attached hydrogen (secondary N) is 1. The average molecular weight is 259 g/mol. The van der Waals surface area contributed by atoms with Crippen molar-refractivity contribution >= 4 is 0 Å². The van der Waals surface area contributed by atoms with Crippen molar-refractivity contribution in [2.45, 2.75) is 33.6 Å². The van der Waals surface area contributed by atoms with E-state index in [1.165, 1.54) is 0 Å². The van der Waals surface area contributed by atoms with Crippen LogP contribution in [-0.4, -0.2) is 13.1 Å². The molecule has 0 saturated heterocycles. The monoisotopic (exact) mass is 259 g/mol. The summed E-state index contributed by atoms with van der Waals surface area (Å²) in [7, 11) is 0. The van der Waals surface area contributed by atoms with Gasteiger partial charge in [0, 0.05) is 12.6 Å². The third-order valence-corrected chi connectivity index (χ3v) is 3.01. The first-order chi connectivity index (χ1) is 8.35. The summed E-state index contributed by atoms with van der Waals surface area (Å²) in [6.07, 6.45) is 1.11. The maximum atomic E-state index is 13.4. The third kappa shape index (κ3) is 4.33. The van der Waals surface area contributed by atoms with Gasteiger partial charge < -0.3 is 5.32 Å². The summed E-state index contributed by atoms with van der Waals surface area (Å²) in [6, 6.07) is 1.57. The maximum absolute atomic E-state index is 13.4. The number of hydrogen-bond donors (Lipinski definition) is 1. The fourth-order valence-electron chi connectivity index (χ4n) is 1.78. The largest absolute Gasteiger partial charge is 0.316 e. The van der Waals surface area contributed by atoms with Crippen LogP contribution in [0.4, 0.5) is 13.2 Å². The Labute approximate surface area is 106 Å². The lowest BCUT2D eigenvalue weighted by atomic mass is 9.86. The Kier molecular flexibility index (Phi) is 5.20. The van der Waals surface area contributed by atoms with Crippen LogP contribution in [0.15, 0.2) is 12.1 Å². The van der Waals surface area contributed by atoms with Gasteiger partial charge in [-0.25, -0.2) is 13.2 Å². The fourth-order valence-corrected chi connectivity index (χ4v) is 1.78. The van der Waals surface area contributed by atoms with E-state index in [2.05, 4.69) is 19.2 Å². The van der Waals surface area contributed by atoms with Crippen LogP contribution in [0.3, 0.4) is 0 Å². The van der Waals surface area contributed by atoms with Crippen molar-refractivity contribution in [2.75, 3.05) is 13.1 Å². The molecule has 0 unspecified atom stereocenters. The van der Waals surface area contributed by atoms with E-state index in [1.54, 1.807) is 0 Å². The van der Waals surface area contributed by atoms with Crippen molar-refractivity contribution in [3.05, 3.63) is 35.1 Å². The van der Waals surface area contributed by atoms with Gasteiger partial charge in [0.2, 0.25) is 0 Å². The number of benzene rings is 1. The minimum atomic E-state index is -1.14. The van der Waals surface area contributed by atoms with Crippen molar-refractivity contribution in [3.63, 3.8) is 0 Å². The lowest BCUT2D eigenvalue weighted by Crippen LogP contribution is -2.29. The summed E-state index contributed by atoms with van der Waals surface area (Å²) in [6.45, 7) is 7.84. The molecule has 4 heteroatoms. The minimum Gasteiger partial charge on any atom is -0.316 e. The first-order valence-electron chi connectivity index (χ1n) is 6.20. The normalized spacial score (nSPS) is 11.9. The molecule has 0 heterocycles. The molecule has 0 aliphatic rings. The lowest BCUT2D eigenvalue weighted by Gasteiger charge is -2.25. The number of halogens is 3. The van der Waals surface area contributed by atoms with E-state index in [9.17, 15) is 13.2 Å². The Balaban J connectivity index is 2.66. The zero-order chi connectivity index (χ0) is 13.8. The van der Waals surface area contributed by atoms with Crippen LogP contribution in [0.1, 0.15) is 32.8 Å². The molecule has 1 nitrogen and oxygen atoms in total. The first-order valence-corrected chi connectivity index (χ1v) is 6.20. The van der Waals surface area contributed by atoms with Gasteiger partial charge in [0.15, 0.2) is 11.6 Å². The lowest BCUT2D eigenvalue weighted by molar-refractivity contribution is 0.316. The second-order valence-corrected chi connectivity index (χ2v) is 5.30. The highest BCUT2D eigenvalue weighted by Gasteiger charge is 2.18. The molecule has 0 saturated carbocycles. The van der Waals surface area contributed by atoms with Crippen LogP contribution in [-0.2, 0) is 6.42 Å². The topological polar surface area (TPSA) is 12.0 Å². The van der Waals surface area contributed by atoms with Crippen LogP contribution in [0.2, 0.25) is 0 Å². The van der Waals surface area contributed by atoms with E-state index >= 15 is 0 Å². The molecule has 0 aliphatic carbocycles. The summed E-state index contributed by atoms with van der Waals surface area (Å²) in [5.41, 5.74) is 0.228. The summed E-state index contributed by atoms with van der Waals surface area (Å²) in [5, 5.41) is 3.23. The maximum Gasteiger partial charge on any atom is 0.161 e. The molecule has 1 rings (SSSR count). The molecule has 1 aromatic rings. The fraction of sp³-hybridized carbons (Fsp3) is 0.571. The van der Waals surface area contributed by atoms with Crippen LogP contribution >= 0.6 is 0 Å². The van der Waals surface area contributed by atoms with E-state index in [-0.39, 0.29) is 11.0 Å². The van der Waals surface area contributed by atoms with Crippen LogP contribution in [0.5, 0.6) is 0 Å². The summed E-state index contributed by atoms with van der Waals surface area (Å²) >= 11 is 0. The van der Waals surface area contributed by atoms with Crippen LogP contribution in [0, 0.1) is 22.9 Å². The molecule has 102 valence electrons. The molecule has 0 atom stereocenters. The van der Waals surface area contributed by atoms with Gasteiger partial charge in [0.1, 0.15) is 5.82 Å². The first kappa shape index (κ1) is 15.0. The Morgan fingerprint density at radius 2 is 1.67 bits per heavy atom. The van der Waals surface area contributed by atoms with Crippen LogP contribution < -0.4 is 5.32 Å². The molecule has 0 spiro atoms. The summed E-state index contributed by atoms with van der Waals surface area (Å²) < 4.78 is 39.2. The van der Waals surface area contributed by atoms with Gasteiger partial charge in [-0.15, -0.1) is 0 Å². The van der Waals surface area contributed by atoms with Gasteiger partial charge >= 0.3 is 0 Å². The SMILES string of the molecule is CCNCC(C)(C)CCc1cc(F)c(F)cc1F. The number of hydrogen-bond acceptors (Lipinski definition) is 1. The molecule has 0 amide bonds. The predicted molar refractivity (Wildman–Crippen MR) is 67.0 cm³/mol. The Hall–Kier alpha value is -1.03. The Morgan fingerprint density at radius 3 is 2.28 bits per heavy atom. The van der Waals surface area contributed by atoms with Crippen molar-refractivity contribution in [2.24, 2.45) is 5.41 Å². The second-order valence-electron chi connectivity index (χ2n) is 5.30. The molecule has 0 radical (unpaired) electrons. The van der Waals surface area contributed by atoms with Crippen molar-refractivity contribution in [3.8, 4) is 0 Å². The Morgan fingerprint density at radius 1 is 1.06 bits per heavy atom. The molecule has 0 bridgehead atoms. The molecule has 0 fully saturated rings. The van der Waals surface area contributed by atoms with Gasteiger partial charge in [-0.1, -0.05) is 20.8 Å². The highest BCUT2D eigenvalue weighted by molar-refractivity contribution is 5.20. The molecular weight excluding hydrogens is 239 g/mol. The van der Waals surface area contributed by atoms with Gasteiger partial charge in [-0.05, 0) is 36.4 Å². The minimum absolute atomic E-state index is 0.00663. The quantitative estimate of drug-likeness (QED) is 0.769. The number of aryl methyl sites for hydroxylation is 1. The van der Waals surface area contributed by atoms with Gasteiger partial charge in [0.05, 0.1) is 0 Å². The van der Waals surface area contributed by atoms with Gasteiger partial charge in [-0.3, -0.25) is 0 Å². The standard InChI is InChI=1S/C14H20F3N/c1-4-18-9-14(2,3)6-5-10-7-12(16)13(17)8-11(10)15/h7-8,18H,4-6,9H2,1-3H3. The molecule has 0 aliphatic heterocycles. The van der Waals surface area contributed by atoms with Crippen molar-refractivity contribution < 1.29 is 13.2 Å². The molecule has 1 aromatic carbocycles. The average Bonchev–Trinajstić information content (AvgIpc) is 2.30. The predicted octanol–water partition coefficient (Wildman–Crippen LogP) is 3.67. The van der Waals surface area contributed by atoms with E-state index in [0.717, 1.165) is 19.2 Å². The highest BCUT2D eigenvalue weighted by atomic mass is 19.2. The number of rotatable bonds is 6. The zero-order valence-corrected chi connectivity index (χ0v) is 11.1. The molecular formula is C14H20F3N. The smallest absolute Gasteiger partial charge is 0.161 e. The van der Waals surface area contributed by atoms with E-state index in [1.807, 2.05) is 6.92 Å². The second kappa shape index (κ2) is 6.23. The Bertz CT molecular complexity index is 402. The third-order valence-electron chi connectivity index (χ3n) is 3.01. The van der Waals surface area contributed by atoms with Gasteiger partial charge in [-0.2, -0.15) is 0 Å².